The molecule has 1 aromatic heterocycles. The molecular formula is C14H24N2O3. The number of hydrogen-bond acceptors (Lipinski definition) is 5. The van der Waals surface area contributed by atoms with Crippen molar-refractivity contribution in [2.75, 3.05) is 53.2 Å². The summed E-state index contributed by atoms with van der Waals surface area (Å²) in [5, 5.41) is 3.32. The molecule has 1 heterocycles. The molecule has 5 heteroatoms. The highest BCUT2D eigenvalue weighted by molar-refractivity contribution is 5.03. The molecule has 0 aromatic carbocycles. The summed E-state index contributed by atoms with van der Waals surface area (Å²) in [7, 11) is 1.66. The van der Waals surface area contributed by atoms with Gasteiger partial charge in [-0.2, -0.15) is 0 Å². The van der Waals surface area contributed by atoms with Gasteiger partial charge in [0, 0.05) is 38.5 Å². The highest BCUT2D eigenvalue weighted by atomic mass is 16.5. The van der Waals surface area contributed by atoms with Gasteiger partial charge in [0.2, 0.25) is 0 Å². The van der Waals surface area contributed by atoms with Crippen molar-refractivity contribution < 1.29 is 14.2 Å². The number of nitrogens with one attached hydrogen (secondary N) is 1. The largest absolute Gasteiger partial charge is 0.382 e. The van der Waals surface area contributed by atoms with Crippen LogP contribution in [0.5, 0.6) is 0 Å². The Labute approximate surface area is 115 Å². The smallest absolute Gasteiger partial charge is 0.0701 e. The molecule has 0 atom stereocenters. The van der Waals surface area contributed by atoms with E-state index in [0.717, 1.165) is 25.2 Å². The van der Waals surface area contributed by atoms with Crippen LogP contribution in [0.3, 0.4) is 0 Å². The van der Waals surface area contributed by atoms with Crippen molar-refractivity contribution in [1.82, 2.24) is 10.3 Å². The fourth-order valence-electron chi connectivity index (χ4n) is 1.50. The molecule has 1 rings (SSSR count). The Morgan fingerprint density at radius 2 is 1.79 bits per heavy atom. The third-order valence-electron chi connectivity index (χ3n) is 2.51. The van der Waals surface area contributed by atoms with Crippen LogP contribution in [-0.4, -0.2) is 58.2 Å². The first kappa shape index (κ1) is 16.0. The number of methoxy groups -OCH3 is 1. The van der Waals surface area contributed by atoms with Crippen molar-refractivity contribution in [3.8, 4) is 0 Å². The van der Waals surface area contributed by atoms with Gasteiger partial charge >= 0.3 is 0 Å². The lowest BCUT2D eigenvalue weighted by Crippen LogP contribution is -2.23. The first-order valence-electron chi connectivity index (χ1n) is 6.68. The maximum atomic E-state index is 5.42. The fraction of sp³-hybridized carbons (Fsp3) is 0.643. The summed E-state index contributed by atoms with van der Waals surface area (Å²) in [6.45, 7) is 4.99. The second-order valence-corrected chi connectivity index (χ2v) is 4.04. The Morgan fingerprint density at radius 3 is 2.53 bits per heavy atom. The molecule has 0 saturated heterocycles. The van der Waals surface area contributed by atoms with Crippen molar-refractivity contribution in [3.63, 3.8) is 0 Å². The molecule has 1 N–H and O–H groups in total. The van der Waals surface area contributed by atoms with Crippen molar-refractivity contribution in [2.45, 2.75) is 6.42 Å². The Hall–Kier alpha value is -1.01. The molecule has 0 fully saturated rings. The lowest BCUT2D eigenvalue weighted by molar-refractivity contribution is 0.0256. The summed E-state index contributed by atoms with van der Waals surface area (Å²) in [4.78, 5) is 4.26. The highest BCUT2D eigenvalue weighted by Crippen LogP contribution is 1.92. The van der Waals surface area contributed by atoms with E-state index < -0.39 is 0 Å². The van der Waals surface area contributed by atoms with Crippen molar-refractivity contribution in [3.05, 3.63) is 30.1 Å². The van der Waals surface area contributed by atoms with Gasteiger partial charge in [-0.05, 0) is 12.1 Å². The van der Waals surface area contributed by atoms with Crippen LogP contribution in [-0.2, 0) is 20.6 Å². The van der Waals surface area contributed by atoms with Gasteiger partial charge in [-0.25, -0.2) is 0 Å². The number of aromatic nitrogens is 1. The van der Waals surface area contributed by atoms with Crippen LogP contribution in [0.4, 0.5) is 0 Å². The summed E-state index contributed by atoms with van der Waals surface area (Å²) in [5.74, 6) is 0. The van der Waals surface area contributed by atoms with Gasteiger partial charge in [0.15, 0.2) is 0 Å². The van der Waals surface area contributed by atoms with E-state index in [2.05, 4.69) is 10.3 Å². The van der Waals surface area contributed by atoms with Crippen molar-refractivity contribution >= 4 is 0 Å². The molecule has 0 aliphatic rings. The molecule has 19 heavy (non-hydrogen) atoms. The molecule has 5 nitrogen and oxygen atoms in total. The zero-order chi connectivity index (χ0) is 13.6. The topological polar surface area (TPSA) is 52.6 Å². The molecular weight excluding hydrogens is 244 g/mol. The number of hydrogen-bond donors (Lipinski definition) is 1. The summed E-state index contributed by atoms with van der Waals surface area (Å²) >= 11 is 0. The summed E-state index contributed by atoms with van der Waals surface area (Å²) < 4.78 is 15.6. The first-order valence-corrected chi connectivity index (χ1v) is 6.68. The van der Waals surface area contributed by atoms with Gasteiger partial charge in [0.05, 0.1) is 33.0 Å². The third kappa shape index (κ3) is 9.55. The van der Waals surface area contributed by atoms with Crippen LogP contribution in [0.25, 0.3) is 0 Å². The molecule has 0 aliphatic carbocycles. The summed E-state index contributed by atoms with van der Waals surface area (Å²) in [6, 6.07) is 5.98. The van der Waals surface area contributed by atoms with Crippen LogP contribution in [0.15, 0.2) is 24.4 Å². The minimum atomic E-state index is 0.622. The highest BCUT2D eigenvalue weighted by Gasteiger charge is 1.93. The molecule has 1 aromatic rings. The number of pyridine rings is 1. The Morgan fingerprint density at radius 1 is 1.00 bits per heavy atom. The monoisotopic (exact) mass is 268 g/mol. The Kier molecular flexibility index (Phi) is 10.2. The van der Waals surface area contributed by atoms with Crippen LogP contribution in [0, 0.1) is 0 Å². The Bertz CT molecular complexity index is 296. The van der Waals surface area contributed by atoms with Crippen molar-refractivity contribution in [2.24, 2.45) is 0 Å². The maximum absolute atomic E-state index is 5.42. The third-order valence-corrected chi connectivity index (χ3v) is 2.51. The molecule has 0 bridgehead atoms. The number of rotatable bonds is 12. The van der Waals surface area contributed by atoms with E-state index in [0.29, 0.717) is 33.0 Å². The Balaban J connectivity index is 1.79. The normalized spacial score (nSPS) is 10.8. The van der Waals surface area contributed by atoms with E-state index in [1.165, 1.54) is 0 Å². The quantitative estimate of drug-likeness (QED) is 0.571. The zero-order valence-electron chi connectivity index (χ0n) is 11.6. The van der Waals surface area contributed by atoms with E-state index in [4.69, 9.17) is 14.2 Å². The predicted molar refractivity (Wildman–Crippen MR) is 74.3 cm³/mol. The minimum Gasteiger partial charge on any atom is -0.382 e. The number of nitrogens with zero attached hydrogens (tertiary/aromatic N) is 1. The second-order valence-electron chi connectivity index (χ2n) is 4.04. The van der Waals surface area contributed by atoms with E-state index in [1.54, 1.807) is 7.11 Å². The van der Waals surface area contributed by atoms with Gasteiger partial charge < -0.3 is 19.5 Å². The molecule has 108 valence electrons. The first-order chi connectivity index (χ1) is 9.43. The van der Waals surface area contributed by atoms with Gasteiger partial charge in [-0.3, -0.25) is 4.98 Å². The molecule has 0 amide bonds. The van der Waals surface area contributed by atoms with E-state index in [9.17, 15) is 0 Å². The SMILES string of the molecule is COCCOCCOCCNCCc1ccccn1. The lowest BCUT2D eigenvalue weighted by atomic mass is 10.3. The minimum absolute atomic E-state index is 0.622. The average molecular weight is 268 g/mol. The van der Waals surface area contributed by atoms with Gasteiger partial charge in [0.25, 0.3) is 0 Å². The van der Waals surface area contributed by atoms with Crippen LogP contribution in [0.2, 0.25) is 0 Å². The molecule has 0 radical (unpaired) electrons. The van der Waals surface area contributed by atoms with Crippen molar-refractivity contribution in [1.29, 1.82) is 0 Å². The second kappa shape index (κ2) is 12.0. The van der Waals surface area contributed by atoms with E-state index >= 15 is 0 Å². The van der Waals surface area contributed by atoms with E-state index in [1.807, 2.05) is 24.4 Å². The standard InChI is InChI=1S/C14H24N2O3/c1-17-10-11-19-13-12-18-9-8-15-7-5-14-4-2-3-6-16-14/h2-4,6,15H,5,7-13H2,1H3. The fourth-order valence-corrected chi connectivity index (χ4v) is 1.50. The molecule has 0 saturated carbocycles. The number of ether oxygens (including phenoxy) is 3. The van der Waals surface area contributed by atoms with E-state index in [-0.39, 0.29) is 0 Å². The molecule has 0 aliphatic heterocycles. The van der Waals surface area contributed by atoms with Crippen LogP contribution >= 0.6 is 0 Å². The zero-order valence-corrected chi connectivity index (χ0v) is 11.6. The predicted octanol–water partition coefficient (Wildman–Crippen LogP) is 0.893. The summed E-state index contributed by atoms with van der Waals surface area (Å²) in [6.07, 6.45) is 2.77. The van der Waals surface area contributed by atoms with Crippen LogP contribution in [0.1, 0.15) is 5.69 Å². The van der Waals surface area contributed by atoms with Gasteiger partial charge in [-0.1, -0.05) is 6.07 Å². The molecule has 0 spiro atoms. The summed E-state index contributed by atoms with van der Waals surface area (Å²) in [5.41, 5.74) is 1.11. The van der Waals surface area contributed by atoms with Gasteiger partial charge in [-0.15, -0.1) is 0 Å². The average Bonchev–Trinajstić information content (AvgIpc) is 2.46. The van der Waals surface area contributed by atoms with Crippen LogP contribution < -0.4 is 5.32 Å². The molecule has 0 unspecified atom stereocenters. The maximum Gasteiger partial charge on any atom is 0.0701 e. The van der Waals surface area contributed by atoms with Gasteiger partial charge in [0.1, 0.15) is 0 Å². The lowest BCUT2D eigenvalue weighted by Gasteiger charge is -2.06.